The highest BCUT2D eigenvalue weighted by molar-refractivity contribution is 5.89. The molecule has 146 valence electrons. The fraction of sp³-hybridized carbons (Fsp3) is 0.174. The van der Waals surface area contributed by atoms with Crippen LogP contribution in [-0.4, -0.2) is 27.1 Å². The van der Waals surface area contributed by atoms with Gasteiger partial charge in [-0.15, -0.1) is 0 Å². The second-order valence-corrected chi connectivity index (χ2v) is 6.98. The summed E-state index contributed by atoms with van der Waals surface area (Å²) < 4.78 is 2.04. The normalized spacial score (nSPS) is 10.8. The summed E-state index contributed by atoms with van der Waals surface area (Å²) in [6.07, 6.45) is 2.36. The van der Waals surface area contributed by atoms with Gasteiger partial charge in [-0.05, 0) is 61.4 Å². The lowest BCUT2D eigenvalue weighted by molar-refractivity contribution is 0.252. The van der Waals surface area contributed by atoms with E-state index in [0.717, 1.165) is 33.9 Å². The second kappa shape index (κ2) is 8.14. The number of nitrogens with one attached hydrogen (secondary N) is 2. The smallest absolute Gasteiger partial charge is 0.319 e. The number of carbonyl (C=O) groups excluding carboxylic acids is 1. The molecule has 0 radical (unpaired) electrons. The maximum atomic E-state index is 12.3. The summed E-state index contributed by atoms with van der Waals surface area (Å²) in [5.41, 5.74) is 5.78. The van der Waals surface area contributed by atoms with Gasteiger partial charge in [-0.2, -0.15) is 0 Å². The standard InChI is InChI=1S/C23H23N5O/c1-16-10-11-18(15-17(16)2)26-23(29)25-14-12-21-27-20-9-6-13-24-22(20)28(21)19-7-4-3-5-8-19/h3-11,13,15H,12,14H2,1-2H3,(H2,25,26,29). The third-order valence-corrected chi connectivity index (χ3v) is 4.90. The fourth-order valence-corrected chi connectivity index (χ4v) is 3.26. The van der Waals surface area contributed by atoms with Gasteiger partial charge in [0.1, 0.15) is 11.3 Å². The first-order valence-corrected chi connectivity index (χ1v) is 9.62. The third kappa shape index (κ3) is 4.11. The van der Waals surface area contributed by atoms with Crippen molar-refractivity contribution in [3.8, 4) is 5.69 Å². The van der Waals surface area contributed by atoms with Crippen molar-refractivity contribution < 1.29 is 4.79 Å². The molecule has 0 atom stereocenters. The average Bonchev–Trinajstić information content (AvgIpc) is 3.09. The molecule has 0 spiro atoms. The lowest BCUT2D eigenvalue weighted by atomic mass is 10.1. The van der Waals surface area contributed by atoms with Crippen molar-refractivity contribution in [3.05, 3.63) is 83.8 Å². The average molecular weight is 385 g/mol. The highest BCUT2D eigenvalue weighted by Gasteiger charge is 2.13. The van der Waals surface area contributed by atoms with Gasteiger partial charge < -0.3 is 10.6 Å². The molecule has 0 bridgehead atoms. The van der Waals surface area contributed by atoms with Gasteiger partial charge in [0, 0.05) is 30.5 Å². The van der Waals surface area contributed by atoms with Crippen LogP contribution in [0.15, 0.2) is 66.9 Å². The van der Waals surface area contributed by atoms with Crippen molar-refractivity contribution in [2.24, 2.45) is 0 Å². The zero-order chi connectivity index (χ0) is 20.2. The number of aromatic nitrogens is 3. The maximum Gasteiger partial charge on any atom is 0.319 e. The topological polar surface area (TPSA) is 71.8 Å². The summed E-state index contributed by atoms with van der Waals surface area (Å²) in [4.78, 5) is 21.5. The number of para-hydroxylation sites is 1. The minimum atomic E-state index is -0.228. The van der Waals surface area contributed by atoms with Crippen molar-refractivity contribution in [3.63, 3.8) is 0 Å². The van der Waals surface area contributed by atoms with E-state index >= 15 is 0 Å². The molecule has 2 heterocycles. The van der Waals surface area contributed by atoms with Crippen molar-refractivity contribution in [1.29, 1.82) is 0 Å². The highest BCUT2D eigenvalue weighted by atomic mass is 16.2. The molecular weight excluding hydrogens is 362 g/mol. The van der Waals surface area contributed by atoms with E-state index in [9.17, 15) is 4.79 Å². The summed E-state index contributed by atoms with van der Waals surface area (Å²) in [6, 6.07) is 19.5. The van der Waals surface area contributed by atoms with Gasteiger partial charge in [0.2, 0.25) is 0 Å². The number of rotatable bonds is 5. The molecule has 6 nitrogen and oxygen atoms in total. The van der Waals surface area contributed by atoms with Gasteiger partial charge in [-0.25, -0.2) is 14.8 Å². The van der Waals surface area contributed by atoms with E-state index in [1.165, 1.54) is 5.56 Å². The minimum absolute atomic E-state index is 0.228. The number of pyridine rings is 1. The number of nitrogens with zero attached hydrogens (tertiary/aromatic N) is 3. The lowest BCUT2D eigenvalue weighted by Gasteiger charge is -2.11. The van der Waals surface area contributed by atoms with Crippen LogP contribution in [0.25, 0.3) is 16.9 Å². The summed E-state index contributed by atoms with van der Waals surface area (Å²) >= 11 is 0. The van der Waals surface area contributed by atoms with Gasteiger partial charge in [0.25, 0.3) is 0 Å². The molecule has 0 aliphatic rings. The van der Waals surface area contributed by atoms with Crippen molar-refractivity contribution in [2.75, 3.05) is 11.9 Å². The first kappa shape index (κ1) is 18.7. The molecule has 6 heteroatoms. The van der Waals surface area contributed by atoms with Crippen LogP contribution in [0.2, 0.25) is 0 Å². The Morgan fingerprint density at radius 2 is 1.83 bits per heavy atom. The lowest BCUT2D eigenvalue weighted by Crippen LogP contribution is -2.30. The van der Waals surface area contributed by atoms with Crippen LogP contribution in [0.3, 0.4) is 0 Å². The largest absolute Gasteiger partial charge is 0.337 e. The predicted molar refractivity (Wildman–Crippen MR) is 116 cm³/mol. The molecule has 2 N–H and O–H groups in total. The van der Waals surface area contributed by atoms with Crippen molar-refractivity contribution in [1.82, 2.24) is 19.9 Å². The van der Waals surface area contributed by atoms with Crippen molar-refractivity contribution in [2.45, 2.75) is 20.3 Å². The molecule has 0 fully saturated rings. The first-order chi connectivity index (χ1) is 14.1. The van der Waals surface area contributed by atoms with Crippen LogP contribution >= 0.6 is 0 Å². The Labute approximate surface area is 169 Å². The minimum Gasteiger partial charge on any atom is -0.337 e. The number of hydrogen-bond donors (Lipinski definition) is 2. The van der Waals surface area contributed by atoms with Gasteiger partial charge in [0.05, 0.1) is 0 Å². The number of urea groups is 1. The van der Waals surface area contributed by atoms with Crippen LogP contribution < -0.4 is 10.6 Å². The molecular formula is C23H23N5O. The summed E-state index contributed by atoms with van der Waals surface area (Å²) in [5, 5.41) is 5.79. The molecule has 4 rings (SSSR count). The Morgan fingerprint density at radius 1 is 1.00 bits per heavy atom. The van der Waals surface area contributed by atoms with E-state index in [4.69, 9.17) is 4.98 Å². The van der Waals surface area contributed by atoms with E-state index in [1.807, 2.05) is 79.1 Å². The molecule has 0 saturated carbocycles. The number of amides is 2. The van der Waals surface area contributed by atoms with E-state index in [-0.39, 0.29) is 6.03 Å². The quantitative estimate of drug-likeness (QED) is 0.535. The number of benzene rings is 2. The number of anilines is 1. The third-order valence-electron chi connectivity index (χ3n) is 4.90. The molecule has 2 aromatic carbocycles. The Kier molecular flexibility index (Phi) is 5.24. The van der Waals surface area contributed by atoms with E-state index in [2.05, 4.69) is 15.6 Å². The van der Waals surface area contributed by atoms with Crippen LogP contribution in [0.1, 0.15) is 17.0 Å². The van der Waals surface area contributed by atoms with E-state index in [1.54, 1.807) is 6.20 Å². The summed E-state index contributed by atoms with van der Waals surface area (Å²) in [6.45, 7) is 4.54. The Hall–Kier alpha value is -3.67. The molecule has 0 aliphatic carbocycles. The molecule has 4 aromatic rings. The molecule has 29 heavy (non-hydrogen) atoms. The molecule has 2 aromatic heterocycles. The zero-order valence-electron chi connectivity index (χ0n) is 16.5. The van der Waals surface area contributed by atoms with Crippen LogP contribution in [0.4, 0.5) is 10.5 Å². The van der Waals surface area contributed by atoms with Crippen LogP contribution in [0, 0.1) is 13.8 Å². The van der Waals surface area contributed by atoms with Gasteiger partial charge in [0.15, 0.2) is 5.65 Å². The van der Waals surface area contributed by atoms with Crippen LogP contribution in [0.5, 0.6) is 0 Å². The monoisotopic (exact) mass is 385 g/mol. The van der Waals surface area contributed by atoms with Gasteiger partial charge >= 0.3 is 6.03 Å². The van der Waals surface area contributed by atoms with E-state index < -0.39 is 0 Å². The second-order valence-electron chi connectivity index (χ2n) is 6.98. The first-order valence-electron chi connectivity index (χ1n) is 9.62. The molecule has 0 saturated heterocycles. The Balaban J connectivity index is 1.47. The van der Waals surface area contributed by atoms with Gasteiger partial charge in [-0.1, -0.05) is 24.3 Å². The predicted octanol–water partition coefficient (Wildman–Crippen LogP) is 4.40. The SMILES string of the molecule is Cc1ccc(NC(=O)NCCc2nc3cccnc3n2-c2ccccc2)cc1C. The van der Waals surface area contributed by atoms with Crippen LogP contribution in [-0.2, 0) is 6.42 Å². The maximum absolute atomic E-state index is 12.3. The van der Waals surface area contributed by atoms with Gasteiger partial charge in [-0.3, -0.25) is 4.57 Å². The number of hydrogen-bond acceptors (Lipinski definition) is 3. The Morgan fingerprint density at radius 3 is 2.62 bits per heavy atom. The molecule has 0 aliphatic heterocycles. The summed E-state index contributed by atoms with van der Waals surface area (Å²) in [7, 11) is 0. The summed E-state index contributed by atoms with van der Waals surface area (Å²) in [5.74, 6) is 0.858. The zero-order valence-corrected chi connectivity index (χ0v) is 16.5. The number of fused-ring (bicyclic) bond motifs is 1. The van der Waals surface area contributed by atoms with Crippen molar-refractivity contribution >= 4 is 22.9 Å². The van der Waals surface area contributed by atoms with E-state index in [0.29, 0.717) is 13.0 Å². The fourth-order valence-electron chi connectivity index (χ4n) is 3.26. The molecule has 0 unspecified atom stereocenters. The number of aryl methyl sites for hydroxylation is 2. The Bertz CT molecular complexity index is 1150. The number of imidazole rings is 1. The highest BCUT2D eigenvalue weighted by Crippen LogP contribution is 2.20. The number of carbonyl (C=O) groups is 1. The molecule has 2 amide bonds.